The van der Waals surface area contributed by atoms with Crippen molar-refractivity contribution in [2.24, 2.45) is 0 Å². The van der Waals surface area contributed by atoms with E-state index in [0.29, 0.717) is 10.8 Å². The molecule has 0 aliphatic heterocycles. The van der Waals surface area contributed by atoms with Gasteiger partial charge in [-0.2, -0.15) is 8.78 Å². The van der Waals surface area contributed by atoms with E-state index in [2.05, 4.69) is 4.74 Å². The van der Waals surface area contributed by atoms with E-state index >= 15 is 0 Å². The van der Waals surface area contributed by atoms with Crippen LogP contribution in [0.15, 0.2) is 36.4 Å². The topological polar surface area (TPSA) is 9.23 Å². The molecule has 2 aromatic carbocycles. The van der Waals surface area contributed by atoms with Gasteiger partial charge in [-0.3, -0.25) is 0 Å². The van der Waals surface area contributed by atoms with Crippen molar-refractivity contribution in [3.05, 3.63) is 42.2 Å². The van der Waals surface area contributed by atoms with E-state index in [9.17, 15) is 13.2 Å². The van der Waals surface area contributed by atoms with E-state index in [1.807, 2.05) is 0 Å². The zero-order valence-electron chi connectivity index (χ0n) is 7.58. The summed E-state index contributed by atoms with van der Waals surface area (Å²) in [6.45, 7) is -2.95. The van der Waals surface area contributed by atoms with Gasteiger partial charge in [0.25, 0.3) is 0 Å². The van der Waals surface area contributed by atoms with Crippen LogP contribution in [-0.4, -0.2) is 6.61 Å². The largest absolute Gasteiger partial charge is 0.434 e. The van der Waals surface area contributed by atoms with E-state index in [4.69, 9.17) is 0 Å². The van der Waals surface area contributed by atoms with Crippen LogP contribution in [0.2, 0.25) is 0 Å². The van der Waals surface area contributed by atoms with Gasteiger partial charge < -0.3 is 4.74 Å². The van der Waals surface area contributed by atoms with Crippen molar-refractivity contribution in [1.29, 1.82) is 0 Å². The average molecular weight is 212 g/mol. The van der Waals surface area contributed by atoms with Gasteiger partial charge >= 0.3 is 6.61 Å². The highest BCUT2D eigenvalue weighted by atomic mass is 19.3. The smallest absolute Gasteiger partial charge is 0.387 e. The number of hydrogen-bond acceptors (Lipinski definition) is 1. The molecular formula is C11H7F3O. The highest BCUT2D eigenvalue weighted by molar-refractivity contribution is 5.88. The van der Waals surface area contributed by atoms with Gasteiger partial charge in [-0.15, -0.1) is 0 Å². The highest BCUT2D eigenvalue weighted by Crippen LogP contribution is 2.28. The number of ether oxygens (including phenoxy) is 1. The first-order valence-corrected chi connectivity index (χ1v) is 4.30. The minimum Gasteiger partial charge on any atom is -0.434 e. The predicted octanol–water partition coefficient (Wildman–Crippen LogP) is 3.58. The second-order valence-corrected chi connectivity index (χ2v) is 3.00. The molecule has 0 atom stereocenters. The van der Waals surface area contributed by atoms with Gasteiger partial charge in [0.05, 0.1) is 0 Å². The summed E-state index contributed by atoms with van der Waals surface area (Å²) >= 11 is 0. The lowest BCUT2D eigenvalue weighted by molar-refractivity contribution is -0.0489. The summed E-state index contributed by atoms with van der Waals surface area (Å²) in [7, 11) is 0. The summed E-state index contributed by atoms with van der Waals surface area (Å²) in [4.78, 5) is 0. The van der Waals surface area contributed by atoms with Crippen molar-refractivity contribution in [3.63, 3.8) is 0 Å². The molecule has 2 rings (SSSR count). The Morgan fingerprint density at radius 1 is 1.07 bits per heavy atom. The Labute approximate surface area is 84.1 Å². The Hall–Kier alpha value is -1.71. The molecule has 2 aromatic rings. The number of alkyl halides is 2. The van der Waals surface area contributed by atoms with Crippen LogP contribution in [-0.2, 0) is 0 Å². The fourth-order valence-electron chi connectivity index (χ4n) is 1.43. The van der Waals surface area contributed by atoms with Crippen molar-refractivity contribution in [2.45, 2.75) is 6.61 Å². The molecule has 0 aromatic heterocycles. The number of benzene rings is 2. The van der Waals surface area contributed by atoms with Crippen LogP contribution >= 0.6 is 0 Å². The van der Waals surface area contributed by atoms with Crippen molar-refractivity contribution >= 4 is 10.8 Å². The minimum atomic E-state index is -2.95. The molecular weight excluding hydrogens is 205 g/mol. The Morgan fingerprint density at radius 3 is 2.53 bits per heavy atom. The molecule has 0 aliphatic carbocycles. The second-order valence-electron chi connectivity index (χ2n) is 3.00. The molecule has 4 heteroatoms. The molecule has 0 saturated carbocycles. The molecule has 0 saturated heterocycles. The number of rotatable bonds is 2. The molecule has 78 valence electrons. The quantitative estimate of drug-likeness (QED) is 0.739. The zero-order valence-corrected chi connectivity index (χ0v) is 7.58. The van der Waals surface area contributed by atoms with Crippen molar-refractivity contribution in [1.82, 2.24) is 0 Å². The Balaban J connectivity index is 2.60. The Bertz CT molecular complexity index is 482. The van der Waals surface area contributed by atoms with Gasteiger partial charge in [-0.05, 0) is 11.5 Å². The van der Waals surface area contributed by atoms with Gasteiger partial charge in [0.2, 0.25) is 0 Å². The highest BCUT2D eigenvalue weighted by Gasteiger charge is 2.09. The molecule has 0 amide bonds. The van der Waals surface area contributed by atoms with E-state index in [0.717, 1.165) is 6.07 Å². The maximum absolute atomic E-state index is 13.0. The fourth-order valence-corrected chi connectivity index (χ4v) is 1.43. The SMILES string of the molecule is Fc1cc(OC(F)F)c2ccccc2c1. The normalized spacial score (nSPS) is 10.9. The Morgan fingerprint density at radius 2 is 1.80 bits per heavy atom. The molecule has 0 radical (unpaired) electrons. The minimum absolute atomic E-state index is 0.138. The fraction of sp³-hybridized carbons (Fsp3) is 0.0909. The molecule has 0 bridgehead atoms. The third-order valence-corrected chi connectivity index (χ3v) is 2.00. The molecule has 0 fully saturated rings. The summed E-state index contributed by atoms with van der Waals surface area (Å²) < 4.78 is 41.3. The lowest BCUT2D eigenvalue weighted by Crippen LogP contribution is -2.02. The predicted molar refractivity (Wildman–Crippen MR) is 50.5 cm³/mol. The standard InChI is InChI=1S/C11H7F3O/c12-8-5-7-3-1-2-4-9(7)10(6-8)15-11(13)14/h1-6,11H. The van der Waals surface area contributed by atoms with Crippen molar-refractivity contribution in [2.75, 3.05) is 0 Å². The number of hydrogen-bond donors (Lipinski definition) is 0. The van der Waals surface area contributed by atoms with Crippen LogP contribution in [0.25, 0.3) is 10.8 Å². The monoisotopic (exact) mass is 212 g/mol. The Kier molecular flexibility index (Phi) is 2.49. The summed E-state index contributed by atoms with van der Waals surface area (Å²) in [5.74, 6) is -0.732. The van der Waals surface area contributed by atoms with Crippen LogP contribution in [0.4, 0.5) is 13.2 Å². The lowest BCUT2D eigenvalue weighted by Gasteiger charge is -2.08. The molecule has 0 unspecified atom stereocenters. The van der Waals surface area contributed by atoms with Gasteiger partial charge in [0.15, 0.2) is 0 Å². The van der Waals surface area contributed by atoms with Gasteiger partial charge in [-0.25, -0.2) is 4.39 Å². The first-order chi connectivity index (χ1) is 7.16. The van der Waals surface area contributed by atoms with Crippen LogP contribution in [0.5, 0.6) is 5.75 Å². The summed E-state index contributed by atoms with van der Waals surface area (Å²) in [6, 6.07) is 8.85. The van der Waals surface area contributed by atoms with Gasteiger partial charge in [0.1, 0.15) is 11.6 Å². The molecule has 0 aliphatic rings. The third kappa shape index (κ3) is 2.03. The van der Waals surface area contributed by atoms with E-state index in [1.54, 1.807) is 24.3 Å². The summed E-state index contributed by atoms with van der Waals surface area (Å²) in [5, 5.41) is 1.01. The van der Waals surface area contributed by atoms with Crippen LogP contribution in [0.3, 0.4) is 0 Å². The van der Waals surface area contributed by atoms with Gasteiger partial charge in [0, 0.05) is 11.5 Å². The third-order valence-electron chi connectivity index (χ3n) is 2.00. The number of halogens is 3. The number of fused-ring (bicyclic) bond motifs is 1. The van der Waals surface area contributed by atoms with E-state index < -0.39 is 12.4 Å². The van der Waals surface area contributed by atoms with Crippen molar-refractivity contribution in [3.8, 4) is 5.75 Å². The maximum atomic E-state index is 13.0. The molecule has 15 heavy (non-hydrogen) atoms. The molecule has 0 spiro atoms. The summed E-state index contributed by atoms with van der Waals surface area (Å²) in [6.07, 6.45) is 0. The van der Waals surface area contributed by atoms with E-state index in [1.165, 1.54) is 6.07 Å². The molecule has 1 nitrogen and oxygen atoms in total. The molecule has 0 heterocycles. The van der Waals surface area contributed by atoms with Crippen LogP contribution in [0, 0.1) is 5.82 Å². The average Bonchev–Trinajstić information content (AvgIpc) is 2.16. The van der Waals surface area contributed by atoms with Crippen LogP contribution in [0.1, 0.15) is 0 Å². The van der Waals surface area contributed by atoms with Crippen LogP contribution < -0.4 is 4.74 Å². The first-order valence-electron chi connectivity index (χ1n) is 4.30. The zero-order chi connectivity index (χ0) is 10.8. The van der Waals surface area contributed by atoms with Crippen molar-refractivity contribution < 1.29 is 17.9 Å². The second kappa shape index (κ2) is 3.81. The van der Waals surface area contributed by atoms with Gasteiger partial charge in [-0.1, -0.05) is 24.3 Å². The first kappa shape index (κ1) is 9.83. The van der Waals surface area contributed by atoms with E-state index in [-0.39, 0.29) is 5.75 Å². The molecule has 0 N–H and O–H groups in total. The maximum Gasteiger partial charge on any atom is 0.387 e. The lowest BCUT2D eigenvalue weighted by atomic mass is 10.1. The summed E-state index contributed by atoms with van der Waals surface area (Å²) in [5.41, 5.74) is 0.